The Morgan fingerprint density at radius 3 is 2.15 bits per heavy atom. The molecule has 1 N–H and O–H groups in total. The lowest BCUT2D eigenvalue weighted by molar-refractivity contribution is -0.114. The van der Waals surface area contributed by atoms with Crippen molar-refractivity contribution in [1.82, 2.24) is 0 Å². The molecule has 8 heteroatoms. The fourth-order valence-electron chi connectivity index (χ4n) is 6.75. The summed E-state index contributed by atoms with van der Waals surface area (Å²) >= 11 is 5.77. The van der Waals surface area contributed by atoms with Crippen LogP contribution >= 0.6 is 11.6 Å². The van der Waals surface area contributed by atoms with Gasteiger partial charge in [0.05, 0.1) is 17.0 Å². The van der Waals surface area contributed by atoms with Crippen LogP contribution in [0.15, 0.2) is 42.5 Å². The molecule has 0 atom stereocenters. The first-order valence-corrected chi connectivity index (χ1v) is 13.7. The molecule has 0 unspecified atom stereocenters. The van der Waals surface area contributed by atoms with E-state index < -0.39 is 21.7 Å². The number of hydrogen-bond donors (Lipinski definition) is 1. The maximum Gasteiger partial charge on any atom is 0.245 e. The predicted molar refractivity (Wildman–Crippen MR) is 129 cm³/mol. The molecule has 6 rings (SSSR count). The van der Waals surface area contributed by atoms with Gasteiger partial charge < -0.3 is 5.32 Å². The van der Waals surface area contributed by atoms with Crippen LogP contribution in [0.1, 0.15) is 44.1 Å². The van der Waals surface area contributed by atoms with Gasteiger partial charge in [-0.3, -0.25) is 9.10 Å². The first-order chi connectivity index (χ1) is 15.6. The maximum absolute atomic E-state index is 13.4. The van der Waals surface area contributed by atoms with E-state index in [2.05, 4.69) is 17.4 Å². The minimum atomic E-state index is -3.69. The van der Waals surface area contributed by atoms with Crippen molar-refractivity contribution < 1.29 is 17.6 Å². The van der Waals surface area contributed by atoms with E-state index in [4.69, 9.17) is 11.6 Å². The highest BCUT2D eigenvalue weighted by molar-refractivity contribution is 7.92. The van der Waals surface area contributed by atoms with Gasteiger partial charge >= 0.3 is 0 Å². The van der Waals surface area contributed by atoms with Gasteiger partial charge in [-0.15, -0.1) is 0 Å². The number of carbonyl (C=O) groups excluding carboxylic acids is 1. The zero-order valence-corrected chi connectivity index (χ0v) is 20.1. The molecule has 4 bridgehead atoms. The fraction of sp³-hybridized carbons (Fsp3) is 0.480. The third kappa shape index (κ3) is 4.50. The monoisotopic (exact) mass is 490 g/mol. The molecule has 0 radical (unpaired) electrons. The van der Waals surface area contributed by atoms with E-state index in [-0.39, 0.29) is 17.0 Å². The van der Waals surface area contributed by atoms with Crippen LogP contribution in [0.2, 0.25) is 5.02 Å². The molecule has 0 heterocycles. The molecular weight excluding hydrogens is 463 g/mol. The molecule has 1 amide bonds. The van der Waals surface area contributed by atoms with E-state index in [1.165, 1.54) is 56.2 Å². The van der Waals surface area contributed by atoms with Crippen LogP contribution in [0.5, 0.6) is 0 Å². The second kappa shape index (κ2) is 8.27. The highest BCUT2D eigenvalue weighted by atomic mass is 35.5. The van der Waals surface area contributed by atoms with E-state index in [9.17, 15) is 17.6 Å². The average molecular weight is 491 g/mol. The van der Waals surface area contributed by atoms with Crippen molar-refractivity contribution in [2.75, 3.05) is 22.4 Å². The molecule has 0 spiro atoms. The molecule has 5 nitrogen and oxygen atoms in total. The summed E-state index contributed by atoms with van der Waals surface area (Å²) in [5.74, 6) is 1.35. The number of amides is 1. The van der Waals surface area contributed by atoms with Crippen molar-refractivity contribution in [2.24, 2.45) is 17.8 Å². The van der Waals surface area contributed by atoms with Crippen molar-refractivity contribution in [3.63, 3.8) is 0 Å². The Balaban J connectivity index is 1.34. The first kappa shape index (κ1) is 22.7. The SMILES string of the molecule is CS(=O)(=O)N(CC(=O)Nc1ccc(F)c(Cl)c1)c1ccc(C23CC4CC(CC(C4)C2)C3)cc1. The third-order valence-electron chi connectivity index (χ3n) is 7.70. The molecular formula is C25H28ClFN2O3S. The van der Waals surface area contributed by atoms with E-state index >= 15 is 0 Å². The summed E-state index contributed by atoms with van der Waals surface area (Å²) in [6, 6.07) is 11.6. The topological polar surface area (TPSA) is 66.5 Å². The molecule has 2 aromatic carbocycles. The average Bonchev–Trinajstić information content (AvgIpc) is 2.73. The van der Waals surface area contributed by atoms with Crippen LogP contribution in [0.25, 0.3) is 0 Å². The Morgan fingerprint density at radius 2 is 1.64 bits per heavy atom. The Bertz CT molecular complexity index is 1150. The Kier molecular flexibility index (Phi) is 5.68. The van der Waals surface area contributed by atoms with Crippen LogP contribution in [-0.2, 0) is 20.2 Å². The van der Waals surface area contributed by atoms with Gasteiger partial charge in [-0.1, -0.05) is 23.7 Å². The van der Waals surface area contributed by atoms with E-state index in [1.807, 2.05) is 12.1 Å². The fourth-order valence-corrected chi connectivity index (χ4v) is 7.79. The van der Waals surface area contributed by atoms with E-state index in [0.717, 1.165) is 34.4 Å². The number of nitrogens with one attached hydrogen (secondary N) is 1. The molecule has 4 aliphatic rings. The van der Waals surface area contributed by atoms with Crippen LogP contribution in [0.3, 0.4) is 0 Å². The predicted octanol–water partition coefficient (Wildman–Crippen LogP) is 5.35. The summed E-state index contributed by atoms with van der Waals surface area (Å²) < 4.78 is 39.5. The molecule has 0 aromatic heterocycles. The van der Waals surface area contributed by atoms with Gasteiger partial charge in [-0.2, -0.15) is 0 Å². The second-order valence-corrected chi connectivity index (χ2v) is 12.5. The van der Waals surface area contributed by atoms with Gasteiger partial charge in [-0.05, 0) is 97.6 Å². The number of benzene rings is 2. The summed E-state index contributed by atoms with van der Waals surface area (Å²) in [7, 11) is -3.69. The number of anilines is 2. The van der Waals surface area contributed by atoms with Gasteiger partial charge in [0.1, 0.15) is 12.4 Å². The van der Waals surface area contributed by atoms with E-state index in [1.54, 1.807) is 0 Å². The Hall–Kier alpha value is -2.12. The van der Waals surface area contributed by atoms with Gasteiger partial charge in [0.25, 0.3) is 0 Å². The third-order valence-corrected chi connectivity index (χ3v) is 9.13. The van der Waals surface area contributed by atoms with Crippen LogP contribution in [0, 0.1) is 23.6 Å². The maximum atomic E-state index is 13.4. The molecule has 2 aromatic rings. The summed E-state index contributed by atoms with van der Waals surface area (Å²) in [6.07, 6.45) is 8.89. The summed E-state index contributed by atoms with van der Waals surface area (Å²) in [4.78, 5) is 12.6. The van der Waals surface area contributed by atoms with Crippen molar-refractivity contribution in [1.29, 1.82) is 0 Å². The van der Waals surface area contributed by atoms with Crippen LogP contribution in [0.4, 0.5) is 15.8 Å². The minimum absolute atomic E-state index is 0.118. The lowest BCUT2D eigenvalue weighted by Gasteiger charge is -2.57. The lowest BCUT2D eigenvalue weighted by Crippen LogP contribution is -2.48. The van der Waals surface area contributed by atoms with Crippen molar-refractivity contribution in [3.05, 3.63) is 58.9 Å². The van der Waals surface area contributed by atoms with Crippen molar-refractivity contribution in [2.45, 2.75) is 43.9 Å². The zero-order chi connectivity index (χ0) is 23.4. The minimum Gasteiger partial charge on any atom is -0.324 e. The number of halogens is 2. The number of sulfonamides is 1. The Labute approximate surface area is 199 Å². The molecule has 0 aliphatic heterocycles. The quantitative estimate of drug-likeness (QED) is 0.593. The van der Waals surface area contributed by atoms with Gasteiger partial charge in [0.15, 0.2) is 0 Å². The normalized spacial score (nSPS) is 28.0. The van der Waals surface area contributed by atoms with Crippen molar-refractivity contribution >= 4 is 38.9 Å². The molecule has 33 heavy (non-hydrogen) atoms. The highest BCUT2D eigenvalue weighted by Crippen LogP contribution is 2.60. The number of nitrogens with zero attached hydrogens (tertiary/aromatic N) is 1. The molecule has 4 fully saturated rings. The van der Waals surface area contributed by atoms with Gasteiger partial charge in [0.2, 0.25) is 15.9 Å². The molecule has 4 aliphatic carbocycles. The van der Waals surface area contributed by atoms with Gasteiger partial charge in [0, 0.05) is 5.69 Å². The summed E-state index contributed by atoms with van der Waals surface area (Å²) in [5, 5.41) is 2.47. The molecule has 176 valence electrons. The molecule has 4 saturated carbocycles. The lowest BCUT2D eigenvalue weighted by atomic mass is 9.48. The van der Waals surface area contributed by atoms with Crippen molar-refractivity contribution in [3.8, 4) is 0 Å². The smallest absolute Gasteiger partial charge is 0.245 e. The van der Waals surface area contributed by atoms with Crippen LogP contribution in [-0.4, -0.2) is 27.1 Å². The summed E-state index contributed by atoms with van der Waals surface area (Å²) in [6.45, 7) is -0.384. The first-order valence-electron chi connectivity index (χ1n) is 11.4. The number of carbonyl (C=O) groups is 1. The second-order valence-electron chi connectivity index (χ2n) is 10.2. The number of hydrogen-bond acceptors (Lipinski definition) is 3. The standard InChI is InChI=1S/C25H28ClFN2O3S/c1-33(31,32)29(15-24(30)28-20-4-7-23(27)22(26)11-20)21-5-2-19(3-6-21)25-12-16-8-17(13-25)10-18(9-16)14-25/h2-7,11,16-18H,8-10,12-15H2,1H3,(H,28,30). The van der Waals surface area contributed by atoms with Gasteiger partial charge in [-0.25, -0.2) is 12.8 Å². The summed E-state index contributed by atoms with van der Waals surface area (Å²) in [5.41, 5.74) is 2.28. The van der Waals surface area contributed by atoms with Crippen LogP contribution < -0.4 is 9.62 Å². The number of rotatable bonds is 6. The Morgan fingerprint density at radius 1 is 1.06 bits per heavy atom. The van der Waals surface area contributed by atoms with E-state index in [0.29, 0.717) is 11.4 Å². The molecule has 0 saturated heterocycles. The zero-order valence-electron chi connectivity index (χ0n) is 18.6. The largest absolute Gasteiger partial charge is 0.324 e. The highest BCUT2D eigenvalue weighted by Gasteiger charge is 2.51.